The maximum absolute atomic E-state index is 12.1. The topological polar surface area (TPSA) is 139 Å². The second-order valence-corrected chi connectivity index (χ2v) is 5.44. The number of H-pyrrole nitrogens is 1. The quantitative estimate of drug-likeness (QED) is 0.550. The van der Waals surface area contributed by atoms with Crippen LogP contribution in [0.3, 0.4) is 0 Å². The molecular formula is C9H12N4O6S. The molecule has 0 bridgehead atoms. The minimum absolute atomic E-state index is 0.0931. The van der Waals surface area contributed by atoms with Gasteiger partial charge < -0.3 is 4.74 Å². The molecule has 1 aromatic rings. The third-order valence-electron chi connectivity index (χ3n) is 2.41. The van der Waals surface area contributed by atoms with E-state index in [1.165, 1.54) is 0 Å². The van der Waals surface area contributed by atoms with Crippen LogP contribution in [0, 0.1) is 0 Å². The van der Waals surface area contributed by atoms with Gasteiger partial charge in [0.05, 0.1) is 12.8 Å². The monoisotopic (exact) mass is 304 g/mol. The van der Waals surface area contributed by atoms with E-state index in [9.17, 15) is 18.0 Å². The summed E-state index contributed by atoms with van der Waals surface area (Å²) >= 11 is 0. The number of aromatic amines is 1. The van der Waals surface area contributed by atoms with Gasteiger partial charge >= 0.3 is 5.97 Å². The van der Waals surface area contributed by atoms with Crippen molar-refractivity contribution in [3.05, 3.63) is 11.8 Å². The number of rotatable bonds is 5. The van der Waals surface area contributed by atoms with Crippen molar-refractivity contribution in [1.82, 2.24) is 20.4 Å². The summed E-state index contributed by atoms with van der Waals surface area (Å²) in [6.45, 7) is 1.53. The zero-order valence-corrected chi connectivity index (χ0v) is 11.2. The summed E-state index contributed by atoms with van der Waals surface area (Å²) in [6, 6.07) is -1.07. The average molecular weight is 304 g/mol. The molecule has 1 saturated heterocycles. The molecule has 1 amide bonds. The van der Waals surface area contributed by atoms with Crippen LogP contribution in [0.1, 0.15) is 17.3 Å². The minimum atomic E-state index is -4.14. The second-order valence-electron chi connectivity index (χ2n) is 3.78. The van der Waals surface area contributed by atoms with Gasteiger partial charge in [0.2, 0.25) is 0 Å². The van der Waals surface area contributed by atoms with E-state index in [4.69, 9.17) is 4.74 Å². The van der Waals surface area contributed by atoms with Crippen LogP contribution in [0.4, 0.5) is 0 Å². The Morgan fingerprint density at radius 1 is 1.65 bits per heavy atom. The molecule has 20 heavy (non-hydrogen) atoms. The summed E-state index contributed by atoms with van der Waals surface area (Å²) in [5, 5.41) is 5.25. The van der Waals surface area contributed by atoms with Gasteiger partial charge in [-0.3, -0.25) is 14.7 Å². The molecule has 10 nitrogen and oxygen atoms in total. The van der Waals surface area contributed by atoms with Gasteiger partial charge in [-0.2, -0.15) is 9.82 Å². The predicted molar refractivity (Wildman–Crippen MR) is 62.7 cm³/mol. The average Bonchev–Trinajstić information content (AvgIpc) is 2.99. The Bertz CT molecular complexity index is 624. The van der Waals surface area contributed by atoms with E-state index >= 15 is 0 Å². The van der Waals surface area contributed by atoms with E-state index in [0.29, 0.717) is 0 Å². The van der Waals surface area contributed by atoms with Crippen LogP contribution < -0.4 is 10.2 Å². The standard InChI is InChI=1S/C9H12N4O6S/c1-2-18-9(15)5-3-10-11-8(5)20(16,17)13-6-4-19-12-7(6)14/h3,6,13H,2,4H2,1H3,(H,10,11)(H,12,14)/t6-/m1/s1. The van der Waals surface area contributed by atoms with Crippen LogP contribution in [0.2, 0.25) is 0 Å². The molecule has 1 fully saturated rings. The van der Waals surface area contributed by atoms with Crippen LogP contribution in [-0.4, -0.2) is 49.7 Å². The van der Waals surface area contributed by atoms with Crippen molar-refractivity contribution in [3.8, 4) is 0 Å². The first-order chi connectivity index (χ1) is 9.45. The zero-order chi connectivity index (χ0) is 14.8. The number of hydrogen-bond acceptors (Lipinski definition) is 7. The third kappa shape index (κ3) is 2.79. The van der Waals surface area contributed by atoms with E-state index in [1.807, 2.05) is 5.48 Å². The molecule has 0 spiro atoms. The van der Waals surface area contributed by atoms with Crippen molar-refractivity contribution < 1.29 is 27.6 Å². The number of hydroxylamine groups is 1. The minimum Gasteiger partial charge on any atom is -0.462 e. The summed E-state index contributed by atoms with van der Waals surface area (Å²) < 4.78 is 31.0. The molecule has 1 aliphatic rings. The molecule has 0 saturated carbocycles. The van der Waals surface area contributed by atoms with Crippen LogP contribution in [-0.2, 0) is 24.4 Å². The van der Waals surface area contributed by atoms with Crippen LogP contribution in [0.5, 0.6) is 0 Å². The molecular weight excluding hydrogens is 292 g/mol. The van der Waals surface area contributed by atoms with Gasteiger partial charge in [0.25, 0.3) is 15.9 Å². The molecule has 2 rings (SSSR count). The number of hydrogen-bond donors (Lipinski definition) is 3. The molecule has 1 aliphatic heterocycles. The van der Waals surface area contributed by atoms with Gasteiger partial charge in [-0.25, -0.2) is 18.7 Å². The fourth-order valence-corrected chi connectivity index (χ4v) is 2.78. The molecule has 0 radical (unpaired) electrons. The molecule has 0 unspecified atom stereocenters. The van der Waals surface area contributed by atoms with E-state index in [1.54, 1.807) is 6.92 Å². The number of amides is 1. The number of carbonyl (C=O) groups is 2. The smallest absolute Gasteiger partial charge is 0.342 e. The van der Waals surface area contributed by atoms with Crippen molar-refractivity contribution in [2.45, 2.75) is 18.0 Å². The summed E-state index contributed by atoms with van der Waals surface area (Å²) in [7, 11) is -4.14. The first-order valence-corrected chi connectivity index (χ1v) is 7.08. The van der Waals surface area contributed by atoms with Crippen molar-refractivity contribution >= 4 is 21.9 Å². The van der Waals surface area contributed by atoms with Gasteiger partial charge in [0, 0.05) is 0 Å². The van der Waals surface area contributed by atoms with Crippen molar-refractivity contribution in [1.29, 1.82) is 0 Å². The fourth-order valence-electron chi connectivity index (χ4n) is 1.51. The lowest BCUT2D eigenvalue weighted by atomic mass is 10.3. The molecule has 1 aromatic heterocycles. The number of ether oxygens (including phenoxy) is 1. The summed E-state index contributed by atoms with van der Waals surface area (Å²) in [6.07, 6.45) is 1.04. The first-order valence-electron chi connectivity index (χ1n) is 5.60. The number of aromatic nitrogens is 2. The summed E-state index contributed by atoms with van der Waals surface area (Å²) in [5.41, 5.74) is 1.77. The molecule has 110 valence electrons. The molecule has 0 aliphatic carbocycles. The second kappa shape index (κ2) is 5.56. The maximum Gasteiger partial charge on any atom is 0.342 e. The predicted octanol–water partition coefficient (Wildman–Crippen LogP) is -1.71. The number of esters is 1. The summed E-state index contributed by atoms with van der Waals surface area (Å²) in [5.74, 6) is -1.44. The SMILES string of the molecule is CCOC(=O)c1cn[nH]c1S(=O)(=O)N[C@@H]1CONC1=O. The van der Waals surface area contributed by atoms with Gasteiger partial charge in [0.1, 0.15) is 18.2 Å². The first kappa shape index (κ1) is 14.4. The number of carbonyl (C=O) groups excluding carboxylic acids is 2. The van der Waals surface area contributed by atoms with Gasteiger partial charge in [-0.15, -0.1) is 0 Å². The van der Waals surface area contributed by atoms with Crippen molar-refractivity contribution in [3.63, 3.8) is 0 Å². The molecule has 3 N–H and O–H groups in total. The third-order valence-corrected chi connectivity index (χ3v) is 3.85. The fraction of sp³-hybridized carbons (Fsp3) is 0.444. The lowest BCUT2D eigenvalue weighted by Crippen LogP contribution is -2.42. The Morgan fingerprint density at radius 3 is 3.00 bits per heavy atom. The van der Waals surface area contributed by atoms with Crippen LogP contribution >= 0.6 is 0 Å². The van der Waals surface area contributed by atoms with Crippen molar-refractivity contribution in [2.24, 2.45) is 0 Å². The highest BCUT2D eigenvalue weighted by molar-refractivity contribution is 7.89. The summed E-state index contributed by atoms with van der Waals surface area (Å²) in [4.78, 5) is 27.5. The number of nitrogens with zero attached hydrogens (tertiary/aromatic N) is 1. The Kier molecular flexibility index (Phi) is 4.01. The maximum atomic E-state index is 12.1. The highest BCUT2D eigenvalue weighted by atomic mass is 32.2. The Morgan fingerprint density at radius 2 is 2.40 bits per heavy atom. The van der Waals surface area contributed by atoms with Crippen LogP contribution in [0.15, 0.2) is 11.2 Å². The highest BCUT2D eigenvalue weighted by Gasteiger charge is 2.33. The van der Waals surface area contributed by atoms with Crippen molar-refractivity contribution in [2.75, 3.05) is 13.2 Å². The molecule has 1 atom stereocenters. The van der Waals surface area contributed by atoms with Gasteiger partial charge in [-0.1, -0.05) is 0 Å². The highest BCUT2D eigenvalue weighted by Crippen LogP contribution is 2.14. The number of sulfonamides is 1. The Labute approximate surface area is 113 Å². The van der Waals surface area contributed by atoms with E-state index in [-0.39, 0.29) is 18.8 Å². The Hall–Kier alpha value is -1.98. The number of nitrogens with one attached hydrogen (secondary N) is 3. The molecule has 2 heterocycles. The normalized spacial score (nSPS) is 18.9. The van der Waals surface area contributed by atoms with E-state index < -0.39 is 33.0 Å². The van der Waals surface area contributed by atoms with Gasteiger partial charge in [-0.05, 0) is 6.92 Å². The zero-order valence-electron chi connectivity index (χ0n) is 10.4. The van der Waals surface area contributed by atoms with E-state index in [2.05, 4.69) is 19.8 Å². The lowest BCUT2D eigenvalue weighted by molar-refractivity contribution is -0.124. The largest absolute Gasteiger partial charge is 0.462 e. The van der Waals surface area contributed by atoms with Crippen LogP contribution in [0.25, 0.3) is 0 Å². The molecule has 0 aromatic carbocycles. The van der Waals surface area contributed by atoms with Gasteiger partial charge in [0.15, 0.2) is 5.03 Å². The molecule has 11 heteroatoms. The Balaban J connectivity index is 2.24. The van der Waals surface area contributed by atoms with E-state index in [0.717, 1.165) is 6.20 Å². The lowest BCUT2D eigenvalue weighted by Gasteiger charge is -2.09.